The maximum Gasteiger partial charge on any atom is 0.112 e. The van der Waals surface area contributed by atoms with Gasteiger partial charge in [0.1, 0.15) is 5.82 Å². The molecule has 0 saturated carbocycles. The predicted octanol–water partition coefficient (Wildman–Crippen LogP) is 2.52. The van der Waals surface area contributed by atoms with Crippen LogP contribution in [0.5, 0.6) is 0 Å². The number of hydrogen-bond donors (Lipinski definition) is 1. The van der Waals surface area contributed by atoms with Crippen LogP contribution in [0.4, 0.5) is 0 Å². The minimum atomic E-state index is 0.207. The largest absolute Gasteiger partial charge is 0.335 e. The van der Waals surface area contributed by atoms with Gasteiger partial charge >= 0.3 is 0 Å². The highest BCUT2D eigenvalue weighted by atomic mass is 15.0. The molecule has 2 rings (SSSR count). The molecule has 1 aromatic heterocycles. The summed E-state index contributed by atoms with van der Waals surface area (Å²) in [5.74, 6) is 1.16. The Kier molecular flexibility index (Phi) is 3.38. The zero-order chi connectivity index (χ0) is 12.5. The maximum absolute atomic E-state index is 6.10. The smallest absolute Gasteiger partial charge is 0.112 e. The summed E-state index contributed by atoms with van der Waals surface area (Å²) in [6.45, 7) is 7.73. The van der Waals surface area contributed by atoms with E-state index in [1.165, 1.54) is 5.57 Å². The lowest BCUT2D eigenvalue weighted by molar-refractivity contribution is 0.299. The van der Waals surface area contributed by atoms with Crippen LogP contribution in [0.25, 0.3) is 0 Å². The fourth-order valence-corrected chi connectivity index (χ4v) is 2.87. The first-order chi connectivity index (χ1) is 8.00. The van der Waals surface area contributed by atoms with Crippen LogP contribution in [0, 0.1) is 5.41 Å². The molecule has 0 bridgehead atoms. The van der Waals surface area contributed by atoms with Crippen LogP contribution < -0.4 is 5.73 Å². The molecule has 2 N–H and O–H groups in total. The molecule has 1 aliphatic carbocycles. The predicted molar refractivity (Wildman–Crippen MR) is 70.7 cm³/mol. The first-order valence-electron chi connectivity index (χ1n) is 6.45. The number of nitrogens with two attached hydrogens (primary N) is 1. The Balaban J connectivity index is 2.14. The fourth-order valence-electron chi connectivity index (χ4n) is 2.87. The molecule has 3 heteroatoms. The van der Waals surface area contributed by atoms with E-state index in [2.05, 4.69) is 36.4 Å². The maximum atomic E-state index is 6.10. The van der Waals surface area contributed by atoms with Crippen molar-refractivity contribution >= 4 is 0 Å². The molecular formula is C14H23N3. The molecule has 0 aliphatic heterocycles. The molecule has 17 heavy (non-hydrogen) atoms. The van der Waals surface area contributed by atoms with Gasteiger partial charge in [-0.25, -0.2) is 4.98 Å². The van der Waals surface area contributed by atoms with Gasteiger partial charge in [0.15, 0.2) is 0 Å². The van der Waals surface area contributed by atoms with Crippen molar-refractivity contribution in [3.05, 3.63) is 29.9 Å². The number of hydrogen-bond acceptors (Lipinski definition) is 2. The van der Waals surface area contributed by atoms with Gasteiger partial charge in [-0.1, -0.05) is 25.5 Å². The van der Waals surface area contributed by atoms with Crippen molar-refractivity contribution in [2.45, 2.75) is 52.6 Å². The lowest BCUT2D eigenvalue weighted by Crippen LogP contribution is -2.31. The zero-order valence-corrected chi connectivity index (χ0v) is 11.1. The summed E-state index contributed by atoms with van der Waals surface area (Å²) in [5.41, 5.74) is 7.86. The van der Waals surface area contributed by atoms with Gasteiger partial charge in [0.25, 0.3) is 0 Å². The first-order valence-corrected chi connectivity index (χ1v) is 6.45. The Morgan fingerprint density at radius 3 is 2.94 bits per heavy atom. The molecular weight excluding hydrogens is 210 g/mol. The van der Waals surface area contributed by atoms with Crippen molar-refractivity contribution in [2.75, 3.05) is 0 Å². The topological polar surface area (TPSA) is 43.8 Å². The molecule has 3 nitrogen and oxygen atoms in total. The van der Waals surface area contributed by atoms with E-state index in [-0.39, 0.29) is 6.04 Å². The van der Waals surface area contributed by atoms with Crippen molar-refractivity contribution in [1.29, 1.82) is 0 Å². The van der Waals surface area contributed by atoms with Crippen LogP contribution in [0.3, 0.4) is 0 Å². The van der Waals surface area contributed by atoms with E-state index in [1.807, 2.05) is 12.4 Å². The van der Waals surface area contributed by atoms with E-state index in [1.54, 1.807) is 0 Å². The molecule has 0 saturated heterocycles. The quantitative estimate of drug-likeness (QED) is 0.815. The summed E-state index contributed by atoms with van der Waals surface area (Å²) < 4.78 is 2.20. The van der Waals surface area contributed by atoms with Crippen LogP contribution >= 0.6 is 0 Å². The van der Waals surface area contributed by atoms with Crippen LogP contribution in [0.2, 0.25) is 0 Å². The molecule has 0 amide bonds. The number of rotatable bonds is 3. The Morgan fingerprint density at radius 1 is 1.53 bits per heavy atom. The molecule has 1 unspecified atom stereocenters. The molecule has 0 radical (unpaired) electrons. The van der Waals surface area contributed by atoms with E-state index >= 15 is 0 Å². The van der Waals surface area contributed by atoms with Crippen LogP contribution in [0.15, 0.2) is 24.0 Å². The summed E-state index contributed by atoms with van der Waals surface area (Å²) in [7, 11) is 0. The summed E-state index contributed by atoms with van der Waals surface area (Å²) >= 11 is 0. The Bertz CT molecular complexity index is 415. The average Bonchev–Trinajstić information content (AvgIpc) is 2.61. The third-order valence-electron chi connectivity index (χ3n) is 3.47. The van der Waals surface area contributed by atoms with Crippen LogP contribution in [-0.4, -0.2) is 15.6 Å². The second kappa shape index (κ2) is 4.65. The first kappa shape index (κ1) is 12.4. The van der Waals surface area contributed by atoms with Crippen molar-refractivity contribution in [3.8, 4) is 0 Å². The van der Waals surface area contributed by atoms with E-state index in [0.29, 0.717) is 5.41 Å². The monoisotopic (exact) mass is 233 g/mol. The molecule has 0 fully saturated rings. The summed E-state index contributed by atoms with van der Waals surface area (Å²) in [6.07, 6.45) is 9.32. The fraction of sp³-hybridized carbons (Fsp3) is 0.643. The van der Waals surface area contributed by atoms with Crippen molar-refractivity contribution in [3.63, 3.8) is 0 Å². The van der Waals surface area contributed by atoms with Gasteiger partial charge < -0.3 is 10.3 Å². The van der Waals surface area contributed by atoms with E-state index in [0.717, 1.165) is 31.6 Å². The van der Waals surface area contributed by atoms with Gasteiger partial charge in [-0.15, -0.1) is 0 Å². The highest BCUT2D eigenvalue weighted by Crippen LogP contribution is 2.35. The summed E-state index contributed by atoms with van der Waals surface area (Å²) in [5, 5.41) is 0. The van der Waals surface area contributed by atoms with Crippen molar-refractivity contribution in [2.24, 2.45) is 11.1 Å². The number of nitrogens with zero attached hydrogens (tertiary/aromatic N) is 2. The Labute approximate surface area is 104 Å². The number of aryl methyl sites for hydroxylation is 1. The lowest BCUT2D eigenvalue weighted by Gasteiger charge is -2.33. The molecule has 1 aromatic rings. The minimum absolute atomic E-state index is 0.207. The SMILES string of the molecule is CCn1ccnc1CC1=CC(N)CC(C)(C)C1. The van der Waals surface area contributed by atoms with Gasteiger partial charge in [0, 0.05) is 31.4 Å². The van der Waals surface area contributed by atoms with Gasteiger partial charge in [-0.2, -0.15) is 0 Å². The van der Waals surface area contributed by atoms with Crippen LogP contribution in [-0.2, 0) is 13.0 Å². The van der Waals surface area contributed by atoms with Gasteiger partial charge in [0.2, 0.25) is 0 Å². The minimum Gasteiger partial charge on any atom is -0.335 e. The molecule has 94 valence electrons. The van der Waals surface area contributed by atoms with Gasteiger partial charge in [-0.05, 0) is 25.2 Å². The highest BCUT2D eigenvalue weighted by Gasteiger charge is 2.27. The van der Waals surface area contributed by atoms with Crippen LogP contribution in [0.1, 0.15) is 39.4 Å². The molecule has 1 heterocycles. The van der Waals surface area contributed by atoms with E-state index in [9.17, 15) is 0 Å². The third-order valence-corrected chi connectivity index (χ3v) is 3.47. The number of allylic oxidation sites excluding steroid dienone is 1. The zero-order valence-electron chi connectivity index (χ0n) is 11.1. The lowest BCUT2D eigenvalue weighted by atomic mass is 9.75. The molecule has 0 spiro atoms. The molecule has 0 aromatic carbocycles. The summed E-state index contributed by atoms with van der Waals surface area (Å²) in [6, 6.07) is 0.207. The highest BCUT2D eigenvalue weighted by molar-refractivity contribution is 5.18. The van der Waals surface area contributed by atoms with Gasteiger partial charge in [0.05, 0.1) is 0 Å². The summed E-state index contributed by atoms with van der Waals surface area (Å²) in [4.78, 5) is 4.44. The van der Waals surface area contributed by atoms with E-state index in [4.69, 9.17) is 5.73 Å². The van der Waals surface area contributed by atoms with Crippen molar-refractivity contribution < 1.29 is 0 Å². The van der Waals surface area contributed by atoms with E-state index < -0.39 is 0 Å². The number of aromatic nitrogens is 2. The molecule has 1 aliphatic rings. The Morgan fingerprint density at radius 2 is 2.29 bits per heavy atom. The third kappa shape index (κ3) is 2.97. The Hall–Kier alpha value is -1.09. The second-order valence-corrected chi connectivity index (χ2v) is 5.84. The number of imidazole rings is 1. The normalized spacial score (nSPS) is 23.5. The second-order valence-electron chi connectivity index (χ2n) is 5.84. The standard InChI is InChI=1S/C14H23N3/c1-4-17-6-5-16-13(17)8-11-7-12(15)10-14(2,3)9-11/h5-7,12H,4,8-10,15H2,1-3H3. The molecule has 1 atom stereocenters. The van der Waals surface area contributed by atoms with Gasteiger partial charge in [-0.3, -0.25) is 0 Å². The van der Waals surface area contributed by atoms with Crippen molar-refractivity contribution in [1.82, 2.24) is 9.55 Å². The average molecular weight is 233 g/mol.